The number of anilines is 2. The molecule has 0 atom stereocenters. The predicted octanol–water partition coefficient (Wildman–Crippen LogP) is 4.04. The van der Waals surface area contributed by atoms with E-state index in [1.54, 1.807) is 54.8 Å². The molecular weight excluding hydrogens is 457 g/mol. The molecule has 0 amide bonds. The number of nitrogens with two attached hydrogens (primary N) is 1. The number of sulfonamides is 1. The van der Waals surface area contributed by atoms with Gasteiger partial charge in [0.2, 0.25) is 16.0 Å². The van der Waals surface area contributed by atoms with Crippen LogP contribution in [0.3, 0.4) is 0 Å². The Bertz CT molecular complexity index is 1440. The summed E-state index contributed by atoms with van der Waals surface area (Å²) in [7, 11) is -2.28. The molecule has 0 bridgehead atoms. The first-order chi connectivity index (χ1) is 16.2. The third-order valence-electron chi connectivity index (χ3n) is 4.97. The molecule has 1 heterocycles. The van der Waals surface area contributed by atoms with Crippen molar-refractivity contribution < 1.29 is 17.5 Å². The van der Waals surface area contributed by atoms with Gasteiger partial charge in [-0.2, -0.15) is 0 Å². The average molecular weight is 478 g/mol. The molecule has 172 valence electrons. The summed E-state index contributed by atoms with van der Waals surface area (Å²) in [5.74, 6) is 0.375. The third-order valence-corrected chi connectivity index (χ3v) is 5.89. The van der Waals surface area contributed by atoms with Gasteiger partial charge in [0.05, 0.1) is 23.4 Å². The van der Waals surface area contributed by atoms with E-state index in [1.165, 1.54) is 31.4 Å². The summed E-state index contributed by atoms with van der Waals surface area (Å²) in [5, 5.41) is 16.5. The maximum absolute atomic E-state index is 13.3. The molecule has 2 aromatic carbocycles. The van der Waals surface area contributed by atoms with E-state index in [1.807, 2.05) is 0 Å². The van der Waals surface area contributed by atoms with Crippen LogP contribution in [0.15, 0.2) is 89.5 Å². The van der Waals surface area contributed by atoms with Crippen LogP contribution in [0.4, 0.5) is 16.0 Å². The molecule has 1 aliphatic rings. The second-order valence-electron chi connectivity index (χ2n) is 7.26. The Balaban J connectivity index is 1.65. The van der Waals surface area contributed by atoms with Gasteiger partial charge in [0.1, 0.15) is 11.6 Å². The minimum absolute atomic E-state index is 0.00193. The zero-order valence-corrected chi connectivity index (χ0v) is 18.8. The predicted molar refractivity (Wildman–Crippen MR) is 128 cm³/mol. The highest BCUT2D eigenvalue weighted by Gasteiger charge is 2.17. The summed E-state index contributed by atoms with van der Waals surface area (Å²) < 4.78 is 41.7. The van der Waals surface area contributed by atoms with Gasteiger partial charge in [0.15, 0.2) is 0 Å². The van der Waals surface area contributed by atoms with Crippen LogP contribution in [0.2, 0.25) is 0 Å². The number of halogens is 1. The van der Waals surface area contributed by atoms with Crippen LogP contribution in [0, 0.1) is 11.2 Å². The first kappa shape index (κ1) is 23.0. The first-order valence-electron chi connectivity index (χ1n) is 10.0. The topological polar surface area (TPSA) is 131 Å². The molecular formula is C24H20FN5O3S. The van der Waals surface area contributed by atoms with E-state index in [0.717, 1.165) is 5.57 Å². The number of hydrogen-bond acceptors (Lipinski definition) is 7. The van der Waals surface area contributed by atoms with E-state index in [9.17, 15) is 12.8 Å². The molecule has 0 spiro atoms. The van der Waals surface area contributed by atoms with Gasteiger partial charge >= 0.3 is 0 Å². The van der Waals surface area contributed by atoms with Crippen molar-refractivity contribution >= 4 is 38.7 Å². The van der Waals surface area contributed by atoms with Crippen LogP contribution in [0.5, 0.6) is 0 Å². The molecule has 4 rings (SSSR count). The van der Waals surface area contributed by atoms with Gasteiger partial charge in [-0.05, 0) is 66.7 Å². The van der Waals surface area contributed by atoms with Crippen molar-refractivity contribution in [1.82, 2.24) is 9.97 Å². The van der Waals surface area contributed by atoms with Crippen LogP contribution in [-0.2, 0) is 14.8 Å². The molecule has 0 radical (unpaired) electrons. The number of ether oxygens (including phenoxy) is 1. The Labute approximate surface area is 195 Å². The number of nitrogens with zero attached hydrogens (tertiary/aromatic N) is 2. The maximum Gasteiger partial charge on any atom is 0.238 e. The van der Waals surface area contributed by atoms with Gasteiger partial charge in [0.25, 0.3) is 0 Å². The summed E-state index contributed by atoms with van der Waals surface area (Å²) in [6, 6.07) is 13.5. The second-order valence-corrected chi connectivity index (χ2v) is 8.82. The third kappa shape index (κ3) is 5.08. The Morgan fingerprint density at radius 2 is 1.76 bits per heavy atom. The summed E-state index contributed by atoms with van der Waals surface area (Å²) in [5.41, 5.74) is 3.30. The van der Waals surface area contributed by atoms with Crippen molar-refractivity contribution in [3.05, 3.63) is 102 Å². The zero-order chi connectivity index (χ0) is 24.3. The van der Waals surface area contributed by atoms with Crippen molar-refractivity contribution in [2.75, 3.05) is 12.4 Å². The fourth-order valence-electron chi connectivity index (χ4n) is 3.31. The molecule has 0 unspecified atom stereocenters. The monoisotopic (exact) mass is 477 g/mol. The number of methoxy groups -OCH3 is 1. The van der Waals surface area contributed by atoms with E-state index < -0.39 is 10.0 Å². The normalized spacial score (nSPS) is 15.0. The van der Waals surface area contributed by atoms with E-state index in [4.69, 9.17) is 15.3 Å². The van der Waals surface area contributed by atoms with Crippen molar-refractivity contribution in [2.24, 2.45) is 5.14 Å². The number of allylic oxidation sites excluding steroid dienone is 5. The SMILES string of the molecule is CO/C(=C1/C=C(c2ccnc(Nc3ccc(S(N)(=O)=O)cc3)n2)C=CC1=N)c1ccc(F)cc1. The molecule has 1 aliphatic carbocycles. The van der Waals surface area contributed by atoms with E-state index in [2.05, 4.69) is 15.3 Å². The number of hydrogen-bond donors (Lipinski definition) is 3. The smallest absolute Gasteiger partial charge is 0.238 e. The number of aromatic nitrogens is 2. The van der Waals surface area contributed by atoms with Crippen molar-refractivity contribution in [3.63, 3.8) is 0 Å². The minimum Gasteiger partial charge on any atom is -0.495 e. The van der Waals surface area contributed by atoms with Crippen LogP contribution >= 0.6 is 0 Å². The Hall–Kier alpha value is -4.15. The Morgan fingerprint density at radius 1 is 1.06 bits per heavy atom. The summed E-state index contributed by atoms with van der Waals surface area (Å²) in [6.07, 6.45) is 6.75. The number of benzene rings is 2. The summed E-state index contributed by atoms with van der Waals surface area (Å²) in [4.78, 5) is 8.74. The van der Waals surface area contributed by atoms with E-state index in [0.29, 0.717) is 34.2 Å². The largest absolute Gasteiger partial charge is 0.495 e. The van der Waals surface area contributed by atoms with Gasteiger partial charge in [-0.1, -0.05) is 6.08 Å². The van der Waals surface area contributed by atoms with Crippen molar-refractivity contribution in [3.8, 4) is 0 Å². The summed E-state index contributed by atoms with van der Waals surface area (Å²) >= 11 is 0. The highest BCUT2D eigenvalue weighted by molar-refractivity contribution is 7.89. The lowest BCUT2D eigenvalue weighted by molar-refractivity contribution is 0.369. The lowest BCUT2D eigenvalue weighted by Gasteiger charge is -2.16. The molecule has 0 fully saturated rings. The Kier molecular flexibility index (Phi) is 6.35. The van der Waals surface area contributed by atoms with Crippen LogP contribution in [-0.4, -0.2) is 31.2 Å². The van der Waals surface area contributed by atoms with Gasteiger partial charge in [-0.15, -0.1) is 0 Å². The second kappa shape index (κ2) is 9.38. The molecule has 10 heteroatoms. The quantitative estimate of drug-likeness (QED) is 0.459. The molecule has 0 saturated carbocycles. The van der Waals surface area contributed by atoms with E-state index in [-0.39, 0.29) is 16.4 Å². The van der Waals surface area contributed by atoms with E-state index >= 15 is 0 Å². The molecule has 4 N–H and O–H groups in total. The van der Waals surface area contributed by atoms with Crippen LogP contribution in [0.1, 0.15) is 11.3 Å². The summed E-state index contributed by atoms with van der Waals surface area (Å²) in [6.45, 7) is 0. The zero-order valence-electron chi connectivity index (χ0n) is 18.0. The molecule has 3 aromatic rings. The maximum atomic E-state index is 13.3. The van der Waals surface area contributed by atoms with Crippen molar-refractivity contribution in [2.45, 2.75) is 4.90 Å². The first-order valence-corrected chi connectivity index (χ1v) is 11.6. The Morgan fingerprint density at radius 3 is 2.41 bits per heavy atom. The fourth-order valence-corrected chi connectivity index (χ4v) is 3.83. The lowest BCUT2D eigenvalue weighted by Crippen LogP contribution is -2.11. The van der Waals surface area contributed by atoms with Crippen molar-refractivity contribution in [1.29, 1.82) is 5.41 Å². The number of rotatable bonds is 6. The molecule has 34 heavy (non-hydrogen) atoms. The van der Waals surface area contributed by atoms with Crippen LogP contribution < -0.4 is 10.5 Å². The fraction of sp³-hybridized carbons (Fsp3) is 0.0417. The van der Waals surface area contributed by atoms with Gasteiger partial charge < -0.3 is 15.5 Å². The van der Waals surface area contributed by atoms with Gasteiger partial charge in [0, 0.05) is 28.6 Å². The average Bonchev–Trinajstić information content (AvgIpc) is 2.82. The molecule has 0 saturated heterocycles. The lowest BCUT2D eigenvalue weighted by atomic mass is 9.95. The molecule has 0 aliphatic heterocycles. The highest BCUT2D eigenvalue weighted by Crippen LogP contribution is 2.29. The standard InChI is InChI=1S/C24H20FN5O3S/c1-33-23(15-2-5-17(25)6-3-15)20-14-16(4-11-21(20)26)22-12-13-28-24(30-22)29-18-7-9-19(10-8-18)34(27,31)32/h2-14,26H,1H3,(H2,27,31,32)(H,28,29,30)/b23-20-,26-21?. The minimum atomic E-state index is -3.78. The number of nitrogens with one attached hydrogen (secondary N) is 2. The molecule has 1 aromatic heterocycles. The number of primary sulfonamides is 1. The van der Waals surface area contributed by atoms with Gasteiger partial charge in [-0.3, -0.25) is 0 Å². The van der Waals surface area contributed by atoms with Gasteiger partial charge in [-0.25, -0.2) is 27.9 Å². The highest BCUT2D eigenvalue weighted by atomic mass is 32.2. The van der Waals surface area contributed by atoms with Crippen LogP contribution in [0.25, 0.3) is 11.3 Å². The molecule has 8 nitrogen and oxygen atoms in total.